The van der Waals surface area contributed by atoms with Crippen molar-refractivity contribution in [3.05, 3.63) is 0 Å². The van der Waals surface area contributed by atoms with Crippen LogP contribution in [-0.4, -0.2) is 36.1 Å². The van der Waals surface area contributed by atoms with Gasteiger partial charge in [0.2, 0.25) is 11.8 Å². The fourth-order valence-corrected chi connectivity index (χ4v) is 1.72. The number of nitrogens with two attached hydrogens (primary N) is 1. The van der Waals surface area contributed by atoms with Crippen LogP contribution in [0.2, 0.25) is 0 Å². The molecule has 0 unspecified atom stereocenters. The van der Waals surface area contributed by atoms with Crippen LogP contribution in [-0.2, 0) is 14.3 Å². The van der Waals surface area contributed by atoms with Gasteiger partial charge >= 0.3 is 6.09 Å². The highest BCUT2D eigenvalue weighted by atomic mass is 16.6. The molecule has 0 aliphatic carbocycles. The Bertz CT molecular complexity index is 377. The molecule has 0 rings (SSSR count). The first-order valence-corrected chi connectivity index (χ1v) is 7.71. The summed E-state index contributed by atoms with van der Waals surface area (Å²) in [4.78, 5) is 34.5. The maximum absolute atomic E-state index is 11.7. The minimum absolute atomic E-state index is 0.192. The van der Waals surface area contributed by atoms with Crippen LogP contribution in [0, 0.1) is 0 Å². The molecule has 0 aromatic rings. The van der Waals surface area contributed by atoms with Crippen LogP contribution in [0.3, 0.4) is 0 Å². The number of carbonyl (C=O) groups is 3. The van der Waals surface area contributed by atoms with Crippen LogP contribution in [0.1, 0.15) is 59.8 Å². The number of nitrogens with one attached hydrogen (secondary N) is 2. The van der Waals surface area contributed by atoms with Crippen molar-refractivity contribution in [2.45, 2.75) is 71.4 Å². The largest absolute Gasteiger partial charge is 0.444 e. The molecule has 0 heterocycles. The number of rotatable bonds is 9. The smallest absolute Gasteiger partial charge is 0.407 e. The number of alkyl carbamates (subject to hydrolysis) is 1. The summed E-state index contributed by atoms with van der Waals surface area (Å²) in [5, 5.41) is 5.12. The van der Waals surface area contributed by atoms with E-state index in [-0.39, 0.29) is 18.9 Å². The van der Waals surface area contributed by atoms with Gasteiger partial charge in [0.15, 0.2) is 0 Å². The molecule has 4 N–H and O–H groups in total. The molecule has 0 bridgehead atoms. The molecule has 7 nitrogen and oxygen atoms in total. The third-order valence-corrected chi connectivity index (χ3v) is 2.79. The first kappa shape index (κ1) is 20.2. The van der Waals surface area contributed by atoms with Gasteiger partial charge in [-0.05, 0) is 33.6 Å². The van der Waals surface area contributed by atoms with E-state index in [0.29, 0.717) is 6.42 Å². The number of ether oxygens (including phenoxy) is 1. The van der Waals surface area contributed by atoms with Gasteiger partial charge in [0.1, 0.15) is 11.6 Å². The Morgan fingerprint density at radius 3 is 2.32 bits per heavy atom. The zero-order valence-corrected chi connectivity index (χ0v) is 14.0. The molecule has 0 aromatic heterocycles. The molecule has 0 saturated carbocycles. The van der Waals surface area contributed by atoms with Gasteiger partial charge in [0.05, 0.1) is 0 Å². The SMILES string of the molecule is CCCCCC(=O)N[C@@H](CCNC(=O)OC(C)(C)C)C(N)=O. The molecule has 0 radical (unpaired) electrons. The van der Waals surface area contributed by atoms with E-state index < -0.39 is 23.6 Å². The van der Waals surface area contributed by atoms with E-state index in [2.05, 4.69) is 10.6 Å². The molecule has 0 aliphatic heterocycles. The third kappa shape index (κ3) is 10.9. The predicted molar refractivity (Wildman–Crippen MR) is 84.1 cm³/mol. The average molecular weight is 315 g/mol. The summed E-state index contributed by atoms with van der Waals surface area (Å²) in [7, 11) is 0. The Morgan fingerprint density at radius 2 is 1.82 bits per heavy atom. The Kier molecular flexibility index (Phi) is 9.21. The van der Waals surface area contributed by atoms with Crippen molar-refractivity contribution in [3.8, 4) is 0 Å². The summed E-state index contributed by atoms with van der Waals surface area (Å²) >= 11 is 0. The lowest BCUT2D eigenvalue weighted by Crippen LogP contribution is -2.46. The second-order valence-electron chi connectivity index (χ2n) is 6.20. The van der Waals surface area contributed by atoms with E-state index in [1.165, 1.54) is 0 Å². The van der Waals surface area contributed by atoms with E-state index >= 15 is 0 Å². The number of hydrogen-bond donors (Lipinski definition) is 3. The van der Waals surface area contributed by atoms with Crippen LogP contribution in [0.4, 0.5) is 4.79 Å². The van der Waals surface area contributed by atoms with Crippen molar-refractivity contribution in [2.75, 3.05) is 6.54 Å². The van der Waals surface area contributed by atoms with E-state index in [4.69, 9.17) is 10.5 Å². The van der Waals surface area contributed by atoms with Gasteiger partial charge in [-0.3, -0.25) is 9.59 Å². The summed E-state index contributed by atoms with van der Waals surface area (Å²) in [5.74, 6) is -0.815. The van der Waals surface area contributed by atoms with Gasteiger partial charge in [0, 0.05) is 13.0 Å². The van der Waals surface area contributed by atoms with Crippen LogP contribution >= 0.6 is 0 Å². The highest BCUT2D eigenvalue weighted by Crippen LogP contribution is 2.06. The molecule has 0 spiro atoms. The standard InChI is InChI=1S/C15H29N3O4/c1-5-6-7-8-12(19)18-11(13(16)20)9-10-17-14(21)22-15(2,3)4/h11H,5-10H2,1-4H3,(H2,16,20)(H,17,21)(H,18,19)/t11-/m0/s1. The van der Waals surface area contributed by atoms with Crippen molar-refractivity contribution in [1.29, 1.82) is 0 Å². The van der Waals surface area contributed by atoms with Crippen LogP contribution in [0.15, 0.2) is 0 Å². The van der Waals surface area contributed by atoms with Crippen LogP contribution in [0.25, 0.3) is 0 Å². The number of unbranched alkanes of at least 4 members (excludes halogenated alkanes) is 2. The lowest BCUT2D eigenvalue weighted by molar-refractivity contribution is -0.127. The van der Waals surface area contributed by atoms with E-state index in [0.717, 1.165) is 19.3 Å². The van der Waals surface area contributed by atoms with E-state index in [1.807, 2.05) is 6.92 Å². The zero-order valence-electron chi connectivity index (χ0n) is 14.0. The molecule has 0 saturated heterocycles. The number of amides is 3. The summed E-state index contributed by atoms with van der Waals surface area (Å²) in [5.41, 5.74) is 4.68. The third-order valence-electron chi connectivity index (χ3n) is 2.79. The zero-order chi connectivity index (χ0) is 17.2. The molecule has 0 aliphatic rings. The quantitative estimate of drug-likeness (QED) is 0.559. The topological polar surface area (TPSA) is 111 Å². The lowest BCUT2D eigenvalue weighted by Gasteiger charge is -2.20. The van der Waals surface area contributed by atoms with Crippen molar-refractivity contribution in [1.82, 2.24) is 10.6 Å². The minimum atomic E-state index is -0.788. The van der Waals surface area contributed by atoms with Crippen molar-refractivity contribution >= 4 is 17.9 Å². The highest BCUT2D eigenvalue weighted by molar-refractivity contribution is 5.86. The molecular formula is C15H29N3O4. The summed E-state index contributed by atoms with van der Waals surface area (Å²) < 4.78 is 5.07. The fourth-order valence-electron chi connectivity index (χ4n) is 1.72. The summed E-state index contributed by atoms with van der Waals surface area (Å²) in [6, 6.07) is -0.788. The van der Waals surface area contributed by atoms with Crippen molar-refractivity contribution in [2.24, 2.45) is 5.73 Å². The van der Waals surface area contributed by atoms with Gasteiger partial charge in [-0.1, -0.05) is 19.8 Å². The van der Waals surface area contributed by atoms with Crippen LogP contribution in [0.5, 0.6) is 0 Å². The second-order valence-corrected chi connectivity index (χ2v) is 6.20. The lowest BCUT2D eigenvalue weighted by atomic mass is 10.1. The normalized spacial score (nSPS) is 12.4. The predicted octanol–water partition coefficient (Wildman–Crippen LogP) is 1.45. The number of primary amides is 1. The Labute approximate surface area is 132 Å². The van der Waals surface area contributed by atoms with Gasteiger partial charge in [-0.15, -0.1) is 0 Å². The highest BCUT2D eigenvalue weighted by Gasteiger charge is 2.19. The summed E-state index contributed by atoms with van der Waals surface area (Å²) in [6.45, 7) is 7.52. The number of hydrogen-bond acceptors (Lipinski definition) is 4. The van der Waals surface area contributed by atoms with E-state index in [1.54, 1.807) is 20.8 Å². The Morgan fingerprint density at radius 1 is 1.18 bits per heavy atom. The number of carbonyl (C=O) groups excluding carboxylic acids is 3. The van der Waals surface area contributed by atoms with Gasteiger partial charge in [0.25, 0.3) is 0 Å². The molecule has 0 aromatic carbocycles. The first-order chi connectivity index (χ1) is 10.2. The average Bonchev–Trinajstić information content (AvgIpc) is 2.35. The molecule has 7 heteroatoms. The van der Waals surface area contributed by atoms with Crippen molar-refractivity contribution in [3.63, 3.8) is 0 Å². The van der Waals surface area contributed by atoms with Gasteiger partial charge in [-0.2, -0.15) is 0 Å². The molecule has 0 fully saturated rings. The molecule has 22 heavy (non-hydrogen) atoms. The maximum atomic E-state index is 11.7. The molecule has 128 valence electrons. The Balaban J connectivity index is 4.12. The monoisotopic (exact) mass is 315 g/mol. The van der Waals surface area contributed by atoms with E-state index in [9.17, 15) is 14.4 Å². The van der Waals surface area contributed by atoms with Crippen LogP contribution < -0.4 is 16.4 Å². The summed E-state index contributed by atoms with van der Waals surface area (Å²) in [6.07, 6.45) is 2.81. The molecule has 3 amide bonds. The minimum Gasteiger partial charge on any atom is -0.444 e. The second kappa shape index (κ2) is 10.0. The molecule has 1 atom stereocenters. The Hall–Kier alpha value is -1.79. The fraction of sp³-hybridized carbons (Fsp3) is 0.800. The van der Waals surface area contributed by atoms with Crippen molar-refractivity contribution < 1.29 is 19.1 Å². The maximum Gasteiger partial charge on any atom is 0.407 e. The van der Waals surface area contributed by atoms with Gasteiger partial charge < -0.3 is 21.1 Å². The first-order valence-electron chi connectivity index (χ1n) is 7.71. The van der Waals surface area contributed by atoms with Gasteiger partial charge in [-0.25, -0.2) is 4.79 Å². The molecular weight excluding hydrogens is 286 g/mol.